The predicted molar refractivity (Wildman–Crippen MR) is 306 cm³/mol. The van der Waals surface area contributed by atoms with Crippen molar-refractivity contribution in [3.05, 3.63) is 60.2 Å². The molecular formula is C59H99N5O13Si. The van der Waals surface area contributed by atoms with Gasteiger partial charge in [0.2, 0.25) is 17.7 Å². The number of nitrogens with zero attached hydrogens (tertiary/aromatic N) is 3. The van der Waals surface area contributed by atoms with Gasteiger partial charge in [-0.3, -0.25) is 24.0 Å². The van der Waals surface area contributed by atoms with Crippen molar-refractivity contribution in [2.45, 2.75) is 209 Å². The summed E-state index contributed by atoms with van der Waals surface area (Å²) in [5, 5.41) is 5.22. The van der Waals surface area contributed by atoms with Crippen molar-refractivity contribution in [3.8, 4) is 0 Å². The zero-order chi connectivity index (χ0) is 60.2. The Morgan fingerprint density at radius 2 is 1.31 bits per heavy atom. The molecule has 0 heterocycles. The minimum absolute atomic E-state index is 0.0239. The quantitative estimate of drug-likeness (QED) is 0.0242. The Balaban J connectivity index is 3.52. The van der Waals surface area contributed by atoms with Crippen LogP contribution in [0.1, 0.15) is 142 Å². The number of esters is 3. The molecule has 0 spiro atoms. The van der Waals surface area contributed by atoms with Gasteiger partial charge in [-0.05, 0) is 89.9 Å². The molecule has 0 unspecified atom stereocenters. The van der Waals surface area contributed by atoms with Gasteiger partial charge >= 0.3 is 24.0 Å². The van der Waals surface area contributed by atoms with Crippen LogP contribution in [0.2, 0.25) is 18.1 Å². The monoisotopic (exact) mass is 1110 g/mol. The fraction of sp³-hybridized carbons (Fsp3) is 0.695. The third-order valence-corrected chi connectivity index (χ3v) is 19.6. The average molecular weight is 1110 g/mol. The third kappa shape index (κ3) is 21.9. The first-order valence-corrected chi connectivity index (χ1v) is 30.6. The van der Waals surface area contributed by atoms with Crippen LogP contribution in [-0.4, -0.2) is 153 Å². The second-order valence-corrected chi connectivity index (χ2v) is 28.3. The van der Waals surface area contributed by atoms with Gasteiger partial charge in [-0.1, -0.05) is 131 Å². The second-order valence-electron chi connectivity index (χ2n) is 23.6. The molecular weight excluding hydrogens is 1010 g/mol. The van der Waals surface area contributed by atoms with Gasteiger partial charge in [0.15, 0.2) is 14.4 Å². The number of nitrogens with one attached hydrogen (secondary N) is 2. The summed E-state index contributed by atoms with van der Waals surface area (Å²) in [6.07, 6.45) is 1.84. The van der Waals surface area contributed by atoms with Crippen LogP contribution >= 0.6 is 0 Å². The standard InChI is InChI=1S/C59H99N5O13Si/c1-23-34-73-47(65)36-62(18)53(68)45(35-44-30-28-27-29-31-44)64(20)52(67)42(10)60-51(66)50(39(7)26-4)75-55(70)40(8)32-33-46(77-78(21,22)59(15,16)17)41(9)49(38(6)25-3)74-56(71)43(11)63(19)54(69)48(37(5)24-2)61-57(72)76-58(12,13)14/h23,27-32,37-39,41-43,45-46,48-50H,1,24-26,33-36H2,2-22H3,(H,60,66)(H,61,72)/b40-32+/t37-,38-,39-,41-,42-,43-,45+,46-,48-,49-,50+/m0/s1. The lowest BCUT2D eigenvalue weighted by Crippen LogP contribution is -2.56. The maximum absolute atomic E-state index is 14.2. The molecule has 0 saturated heterocycles. The van der Waals surface area contributed by atoms with Gasteiger partial charge < -0.3 is 48.7 Å². The van der Waals surface area contributed by atoms with Crippen molar-refractivity contribution in [1.82, 2.24) is 25.3 Å². The highest BCUT2D eigenvalue weighted by Gasteiger charge is 2.44. The maximum Gasteiger partial charge on any atom is 0.408 e. The minimum Gasteiger partial charge on any atom is -0.460 e. The van der Waals surface area contributed by atoms with Crippen molar-refractivity contribution in [2.24, 2.45) is 23.7 Å². The van der Waals surface area contributed by atoms with Gasteiger partial charge in [0, 0.05) is 45.0 Å². The summed E-state index contributed by atoms with van der Waals surface area (Å²) in [5.41, 5.74) is 0.182. The molecule has 0 aliphatic heterocycles. The first kappa shape index (κ1) is 70.5. The Kier molecular flexibility index (Phi) is 28.8. The van der Waals surface area contributed by atoms with Crippen LogP contribution in [0.15, 0.2) is 54.6 Å². The summed E-state index contributed by atoms with van der Waals surface area (Å²) in [4.78, 5) is 113. The number of benzene rings is 1. The fourth-order valence-corrected chi connectivity index (χ4v) is 9.44. The number of carbonyl (C=O) groups is 8. The van der Waals surface area contributed by atoms with Crippen LogP contribution in [0.3, 0.4) is 0 Å². The Hall–Kier alpha value is -5.56. The van der Waals surface area contributed by atoms with Crippen LogP contribution in [0.5, 0.6) is 0 Å². The first-order valence-electron chi connectivity index (χ1n) is 27.6. The molecule has 0 fully saturated rings. The SMILES string of the molecule is C=CCOC(=O)CN(C)C(=O)[C@@H](Cc1ccccc1)N(C)C(=O)[C@H](C)NC(=O)[C@H](OC(=O)/C(C)=C/C[C@H](O[Si](C)(C)C(C)(C)C)[C@H](C)[C@@H](OC(=O)[C@H](C)N(C)C(=O)[C@@H](NC(=O)OC(C)(C)C)[C@@H](C)CC)[C@@H](C)CC)[C@@H](C)CC. The smallest absolute Gasteiger partial charge is 0.408 e. The summed E-state index contributed by atoms with van der Waals surface area (Å²) < 4.78 is 30.0. The van der Waals surface area contributed by atoms with Crippen LogP contribution < -0.4 is 10.6 Å². The molecule has 0 aliphatic carbocycles. The van der Waals surface area contributed by atoms with Crippen molar-refractivity contribution in [3.63, 3.8) is 0 Å². The first-order chi connectivity index (χ1) is 36.0. The number of carbonyl (C=O) groups excluding carboxylic acids is 8. The van der Waals surface area contributed by atoms with E-state index >= 15 is 0 Å². The highest BCUT2D eigenvalue weighted by atomic mass is 28.4. The van der Waals surface area contributed by atoms with Crippen molar-refractivity contribution in [2.75, 3.05) is 34.3 Å². The van der Waals surface area contributed by atoms with Gasteiger partial charge in [0.25, 0.3) is 5.91 Å². The van der Waals surface area contributed by atoms with Gasteiger partial charge in [-0.15, -0.1) is 0 Å². The highest BCUT2D eigenvalue weighted by molar-refractivity contribution is 6.74. The number of amides is 5. The lowest BCUT2D eigenvalue weighted by molar-refractivity contribution is -0.165. The molecule has 1 aromatic carbocycles. The van der Waals surface area contributed by atoms with Crippen molar-refractivity contribution < 1.29 is 61.7 Å². The Morgan fingerprint density at radius 1 is 0.744 bits per heavy atom. The van der Waals surface area contributed by atoms with E-state index in [1.54, 1.807) is 47.6 Å². The Bertz CT molecular complexity index is 2190. The summed E-state index contributed by atoms with van der Waals surface area (Å²) in [7, 11) is 1.88. The molecule has 0 saturated carbocycles. The molecule has 0 aromatic heterocycles. The van der Waals surface area contributed by atoms with Crippen molar-refractivity contribution in [1.29, 1.82) is 0 Å². The molecule has 0 radical (unpaired) electrons. The van der Waals surface area contributed by atoms with E-state index in [4.69, 9.17) is 23.4 Å². The fourth-order valence-electron chi connectivity index (χ4n) is 8.02. The predicted octanol–water partition coefficient (Wildman–Crippen LogP) is 8.81. The molecule has 0 bridgehead atoms. The molecule has 0 aliphatic rings. The number of likely N-dealkylation sites (N-methyl/N-ethyl adjacent to an activating group) is 3. The number of hydrogen-bond acceptors (Lipinski definition) is 13. The number of hydrogen-bond donors (Lipinski definition) is 2. The van der Waals surface area contributed by atoms with E-state index in [1.807, 2.05) is 71.9 Å². The third-order valence-electron chi connectivity index (χ3n) is 15.1. The Labute approximate surface area is 468 Å². The van der Waals surface area contributed by atoms with Crippen LogP contribution in [0.4, 0.5) is 4.79 Å². The van der Waals surface area contributed by atoms with E-state index in [0.29, 0.717) is 19.3 Å². The van der Waals surface area contributed by atoms with E-state index in [9.17, 15) is 38.4 Å². The molecule has 11 atom stereocenters. The summed E-state index contributed by atoms with van der Waals surface area (Å²) >= 11 is 0. The molecule has 2 N–H and O–H groups in total. The largest absolute Gasteiger partial charge is 0.460 e. The van der Waals surface area contributed by atoms with Gasteiger partial charge in [-0.25, -0.2) is 14.4 Å². The number of alkyl carbamates (subject to hydrolysis) is 1. The van der Waals surface area contributed by atoms with Crippen LogP contribution in [0.25, 0.3) is 0 Å². The maximum atomic E-state index is 14.2. The zero-order valence-electron chi connectivity index (χ0n) is 51.2. The second kappa shape index (κ2) is 31.9. The molecule has 18 nitrogen and oxygen atoms in total. The lowest BCUT2D eigenvalue weighted by Gasteiger charge is -2.43. The molecule has 1 rings (SSSR count). The summed E-state index contributed by atoms with van der Waals surface area (Å²) in [6, 6.07) is 4.88. The lowest BCUT2D eigenvalue weighted by atomic mass is 9.86. The highest BCUT2D eigenvalue weighted by Crippen LogP contribution is 2.40. The topological polar surface area (TPSA) is 216 Å². The minimum atomic E-state index is -2.53. The Morgan fingerprint density at radius 3 is 1.82 bits per heavy atom. The van der Waals surface area contributed by atoms with E-state index in [2.05, 4.69) is 51.1 Å². The van der Waals surface area contributed by atoms with Crippen LogP contribution in [-0.2, 0) is 63.4 Å². The zero-order valence-corrected chi connectivity index (χ0v) is 52.2. The molecule has 1 aromatic rings. The summed E-state index contributed by atoms with van der Waals surface area (Å²) in [6.45, 7) is 36.9. The van der Waals surface area contributed by atoms with Crippen LogP contribution in [0, 0.1) is 23.7 Å². The van der Waals surface area contributed by atoms with Gasteiger partial charge in [0.1, 0.15) is 49.0 Å². The van der Waals surface area contributed by atoms with E-state index in [1.165, 1.54) is 48.8 Å². The normalized spacial score (nSPS) is 16.4. The van der Waals surface area contributed by atoms with Gasteiger partial charge in [-0.2, -0.15) is 0 Å². The number of rotatable bonds is 30. The van der Waals surface area contributed by atoms with E-state index < -0.39 is 116 Å². The molecule has 5 amide bonds. The molecule has 442 valence electrons. The van der Waals surface area contributed by atoms with Crippen molar-refractivity contribution >= 4 is 55.9 Å². The van der Waals surface area contributed by atoms with E-state index in [-0.39, 0.29) is 48.4 Å². The summed E-state index contributed by atoms with van der Waals surface area (Å²) in [5.74, 6) is -5.63. The average Bonchev–Trinajstić information content (AvgIpc) is 3.37. The molecule has 19 heteroatoms. The van der Waals surface area contributed by atoms with Gasteiger partial charge in [0.05, 0.1) is 6.10 Å². The molecule has 78 heavy (non-hydrogen) atoms. The van der Waals surface area contributed by atoms with E-state index in [0.717, 1.165) is 5.56 Å². The number of ether oxygens (including phenoxy) is 4.